The van der Waals surface area contributed by atoms with E-state index in [1.54, 1.807) is 24.4 Å². The second-order valence-electron chi connectivity index (χ2n) is 7.74. The molecule has 1 aromatic carbocycles. The molecule has 0 unspecified atom stereocenters. The summed E-state index contributed by atoms with van der Waals surface area (Å²) in [4.78, 5) is 12.4. The number of halogens is 6. The third kappa shape index (κ3) is 5.87. The number of carbonyl (C=O) groups excluding carboxylic acids is 1. The number of ether oxygens (including phenoxy) is 1. The number of alkyl halides is 3. The fourth-order valence-electron chi connectivity index (χ4n) is 3.36. The fraction of sp³-hybridized carbons (Fsp3) is 0.381. The van der Waals surface area contributed by atoms with Gasteiger partial charge in [-0.3, -0.25) is 9.48 Å². The number of nitrogens with zero attached hydrogens (tertiary/aromatic N) is 4. The number of aromatic nitrogens is 4. The zero-order chi connectivity index (χ0) is 24.5. The van der Waals surface area contributed by atoms with Crippen molar-refractivity contribution in [2.24, 2.45) is 0 Å². The van der Waals surface area contributed by atoms with Gasteiger partial charge in [-0.05, 0) is 43.5 Å². The SMILES string of the molecule is O=C(NCCCn1nc(C(F)(F)F)c(Cl)c1C1CC1)c1ccn(COc2ccc(Br)cc2Cl)n1. The molecule has 13 heteroatoms. The maximum absolute atomic E-state index is 13.2. The highest BCUT2D eigenvalue weighted by atomic mass is 79.9. The summed E-state index contributed by atoms with van der Waals surface area (Å²) in [6.07, 6.45) is -1.05. The van der Waals surface area contributed by atoms with Crippen LogP contribution in [0.25, 0.3) is 0 Å². The Morgan fingerprint density at radius 3 is 2.68 bits per heavy atom. The molecular weight excluding hydrogens is 562 g/mol. The first-order valence-corrected chi connectivity index (χ1v) is 11.9. The van der Waals surface area contributed by atoms with Gasteiger partial charge in [0.25, 0.3) is 5.91 Å². The van der Waals surface area contributed by atoms with E-state index < -0.39 is 17.8 Å². The fourth-order valence-corrected chi connectivity index (χ4v) is 4.48. The Morgan fingerprint density at radius 2 is 2.00 bits per heavy atom. The van der Waals surface area contributed by atoms with E-state index in [1.165, 1.54) is 15.4 Å². The van der Waals surface area contributed by atoms with Crippen LogP contribution in [0.4, 0.5) is 13.2 Å². The molecule has 1 amide bonds. The minimum Gasteiger partial charge on any atom is -0.470 e. The van der Waals surface area contributed by atoms with Gasteiger partial charge in [0.05, 0.1) is 15.7 Å². The topological polar surface area (TPSA) is 74.0 Å². The lowest BCUT2D eigenvalue weighted by Gasteiger charge is -2.08. The first kappa shape index (κ1) is 24.9. The van der Waals surface area contributed by atoms with E-state index in [2.05, 4.69) is 31.4 Å². The van der Waals surface area contributed by atoms with E-state index in [-0.39, 0.29) is 36.5 Å². The lowest BCUT2D eigenvalue weighted by Crippen LogP contribution is -2.26. The van der Waals surface area contributed by atoms with Crippen LogP contribution in [0.3, 0.4) is 0 Å². The molecule has 2 heterocycles. The molecule has 182 valence electrons. The van der Waals surface area contributed by atoms with E-state index in [1.807, 2.05) is 0 Å². The lowest BCUT2D eigenvalue weighted by molar-refractivity contribution is -0.141. The van der Waals surface area contributed by atoms with Gasteiger partial charge in [-0.1, -0.05) is 39.1 Å². The van der Waals surface area contributed by atoms with Crippen molar-refractivity contribution in [2.45, 2.75) is 44.6 Å². The summed E-state index contributed by atoms with van der Waals surface area (Å²) >= 11 is 15.4. The Morgan fingerprint density at radius 1 is 1.24 bits per heavy atom. The molecular formula is C21H19BrCl2F3N5O2. The van der Waals surface area contributed by atoms with Crippen LogP contribution in [0.5, 0.6) is 5.75 Å². The van der Waals surface area contributed by atoms with Gasteiger partial charge >= 0.3 is 6.18 Å². The zero-order valence-corrected chi connectivity index (χ0v) is 20.7. The number of nitrogens with one attached hydrogen (secondary N) is 1. The maximum Gasteiger partial charge on any atom is 0.436 e. The molecule has 1 fully saturated rings. The standard InChI is InChI=1S/C21H19BrCl2F3N5O2/c22-13-4-5-16(14(23)10-13)34-11-31-9-6-15(29-31)20(33)28-7-1-8-32-18(12-2-3-12)17(24)19(30-32)21(25,26)27/h4-6,9-10,12H,1-3,7-8,11H2,(H,28,33). The largest absolute Gasteiger partial charge is 0.470 e. The zero-order valence-electron chi connectivity index (χ0n) is 17.6. The number of carbonyl (C=O) groups is 1. The van der Waals surface area contributed by atoms with Gasteiger partial charge in [0.15, 0.2) is 12.4 Å². The van der Waals surface area contributed by atoms with Crippen LogP contribution in [-0.2, 0) is 19.5 Å². The Labute approximate surface area is 211 Å². The maximum atomic E-state index is 13.2. The summed E-state index contributed by atoms with van der Waals surface area (Å²) in [6, 6.07) is 6.74. The minimum absolute atomic E-state index is 0.00386. The summed E-state index contributed by atoms with van der Waals surface area (Å²) < 4.78 is 48.6. The Kier molecular flexibility index (Phi) is 7.44. The van der Waals surface area contributed by atoms with Gasteiger partial charge in [0, 0.05) is 29.7 Å². The molecule has 0 bridgehead atoms. The number of rotatable bonds is 9. The molecule has 4 rings (SSSR count). The first-order valence-electron chi connectivity index (χ1n) is 10.4. The molecule has 0 atom stereocenters. The van der Waals surface area contributed by atoms with Crippen LogP contribution in [-0.4, -0.2) is 32.0 Å². The van der Waals surface area contributed by atoms with E-state index in [0.29, 0.717) is 22.9 Å². The summed E-state index contributed by atoms with van der Waals surface area (Å²) in [6.45, 7) is 0.498. The third-order valence-corrected chi connectivity index (χ3v) is 6.28. The molecule has 0 aliphatic heterocycles. The van der Waals surface area contributed by atoms with E-state index in [9.17, 15) is 18.0 Å². The summed E-state index contributed by atoms with van der Waals surface area (Å²) in [5.74, 6) is 0.0748. The third-order valence-electron chi connectivity index (χ3n) is 5.12. The number of hydrogen-bond donors (Lipinski definition) is 1. The van der Waals surface area contributed by atoms with Crippen LogP contribution in [0.15, 0.2) is 34.9 Å². The second kappa shape index (κ2) is 10.2. The molecule has 1 aliphatic carbocycles. The van der Waals surface area contributed by atoms with E-state index >= 15 is 0 Å². The molecule has 0 radical (unpaired) electrons. The predicted molar refractivity (Wildman–Crippen MR) is 123 cm³/mol. The Balaban J connectivity index is 1.28. The average molecular weight is 581 g/mol. The van der Waals surface area contributed by atoms with Crippen molar-refractivity contribution in [3.8, 4) is 5.75 Å². The Bertz CT molecular complexity index is 1190. The van der Waals surface area contributed by atoms with Crippen molar-refractivity contribution < 1.29 is 22.7 Å². The summed E-state index contributed by atoms with van der Waals surface area (Å²) in [5.41, 5.74) is -0.451. The van der Waals surface area contributed by atoms with Crippen molar-refractivity contribution in [1.29, 1.82) is 0 Å². The summed E-state index contributed by atoms with van der Waals surface area (Å²) in [5, 5.41) is 10.7. The van der Waals surface area contributed by atoms with Crippen LogP contribution in [0, 0.1) is 0 Å². The number of amides is 1. The van der Waals surface area contributed by atoms with E-state index in [0.717, 1.165) is 17.3 Å². The molecule has 0 saturated heterocycles. The molecule has 1 saturated carbocycles. The molecule has 34 heavy (non-hydrogen) atoms. The van der Waals surface area contributed by atoms with Crippen molar-refractivity contribution >= 4 is 45.0 Å². The second-order valence-corrected chi connectivity index (χ2v) is 9.44. The van der Waals surface area contributed by atoms with Crippen molar-refractivity contribution in [3.05, 3.63) is 62.1 Å². The van der Waals surface area contributed by atoms with Crippen molar-refractivity contribution in [3.63, 3.8) is 0 Å². The molecule has 2 aromatic heterocycles. The van der Waals surface area contributed by atoms with Crippen molar-refractivity contribution in [1.82, 2.24) is 24.9 Å². The highest BCUT2D eigenvalue weighted by Gasteiger charge is 2.41. The average Bonchev–Trinajstić information content (AvgIpc) is 3.37. The van der Waals surface area contributed by atoms with Gasteiger partial charge in [0.2, 0.25) is 0 Å². The normalized spacial score (nSPS) is 13.8. The molecule has 0 spiro atoms. The lowest BCUT2D eigenvalue weighted by atomic mass is 10.2. The molecule has 7 nitrogen and oxygen atoms in total. The smallest absolute Gasteiger partial charge is 0.436 e. The number of hydrogen-bond acceptors (Lipinski definition) is 4. The number of aryl methyl sites for hydroxylation is 1. The monoisotopic (exact) mass is 579 g/mol. The minimum atomic E-state index is -4.61. The molecule has 3 aromatic rings. The van der Waals surface area contributed by atoms with Crippen LogP contribution >= 0.6 is 39.1 Å². The predicted octanol–water partition coefficient (Wildman–Crippen LogP) is 5.90. The van der Waals surface area contributed by atoms with Gasteiger partial charge in [0.1, 0.15) is 11.4 Å². The van der Waals surface area contributed by atoms with Gasteiger partial charge < -0.3 is 10.1 Å². The molecule has 1 aliphatic rings. The van der Waals surface area contributed by atoms with E-state index in [4.69, 9.17) is 27.9 Å². The Hall–Kier alpha value is -2.24. The van der Waals surface area contributed by atoms with Gasteiger partial charge in [-0.25, -0.2) is 4.68 Å². The van der Waals surface area contributed by atoms with Crippen LogP contribution in [0.2, 0.25) is 10.0 Å². The van der Waals surface area contributed by atoms with Crippen molar-refractivity contribution in [2.75, 3.05) is 6.54 Å². The highest BCUT2D eigenvalue weighted by Crippen LogP contribution is 2.46. The van der Waals surface area contributed by atoms with Crippen LogP contribution < -0.4 is 10.1 Å². The molecule has 1 N–H and O–H groups in total. The number of benzene rings is 1. The van der Waals surface area contributed by atoms with Gasteiger partial charge in [-0.15, -0.1) is 0 Å². The quantitative estimate of drug-likeness (QED) is 0.320. The van der Waals surface area contributed by atoms with Gasteiger partial charge in [-0.2, -0.15) is 23.4 Å². The van der Waals surface area contributed by atoms with Crippen LogP contribution in [0.1, 0.15) is 47.1 Å². The highest BCUT2D eigenvalue weighted by molar-refractivity contribution is 9.10. The first-order chi connectivity index (χ1) is 16.1. The summed E-state index contributed by atoms with van der Waals surface area (Å²) in [7, 11) is 0.